The van der Waals surface area contributed by atoms with Gasteiger partial charge in [0, 0.05) is 38.1 Å². The van der Waals surface area contributed by atoms with Crippen molar-refractivity contribution >= 4 is 5.82 Å². The van der Waals surface area contributed by atoms with E-state index in [4.69, 9.17) is 5.73 Å². The van der Waals surface area contributed by atoms with Crippen molar-refractivity contribution < 1.29 is 4.39 Å². The van der Waals surface area contributed by atoms with Gasteiger partial charge in [0.2, 0.25) is 0 Å². The summed E-state index contributed by atoms with van der Waals surface area (Å²) in [4.78, 5) is 10.0. The normalized spacial score (nSPS) is 10.4. The molecule has 4 nitrogen and oxygen atoms in total. The lowest BCUT2D eigenvalue weighted by molar-refractivity contribution is 0.617. The Morgan fingerprint density at radius 3 is 2.72 bits per heavy atom. The van der Waals surface area contributed by atoms with Crippen LogP contribution in [0.1, 0.15) is 11.1 Å². The van der Waals surface area contributed by atoms with Crippen LogP contribution < -0.4 is 10.6 Å². The minimum Gasteiger partial charge on any atom is -0.355 e. The van der Waals surface area contributed by atoms with E-state index < -0.39 is 0 Å². The maximum atomic E-state index is 13.1. The van der Waals surface area contributed by atoms with Gasteiger partial charge in [-0.3, -0.25) is 4.98 Å². The highest BCUT2D eigenvalue weighted by Crippen LogP contribution is 2.18. The summed E-state index contributed by atoms with van der Waals surface area (Å²) in [7, 11) is 1.90. The van der Waals surface area contributed by atoms with Crippen LogP contribution in [-0.4, -0.2) is 17.0 Å². The Morgan fingerprint density at radius 1 is 1.33 bits per heavy atom. The molecule has 0 spiro atoms. The number of pyridine rings is 2. The highest BCUT2D eigenvalue weighted by molar-refractivity contribution is 5.46. The maximum absolute atomic E-state index is 13.1. The van der Waals surface area contributed by atoms with Crippen molar-refractivity contribution in [3.05, 3.63) is 53.7 Å². The largest absolute Gasteiger partial charge is 0.355 e. The molecule has 94 valence electrons. The van der Waals surface area contributed by atoms with Crippen molar-refractivity contribution in [3.63, 3.8) is 0 Å². The van der Waals surface area contributed by atoms with Crippen molar-refractivity contribution in [2.24, 2.45) is 5.73 Å². The Labute approximate surface area is 105 Å². The van der Waals surface area contributed by atoms with Crippen LogP contribution in [-0.2, 0) is 13.1 Å². The van der Waals surface area contributed by atoms with E-state index in [1.807, 2.05) is 24.1 Å². The predicted octanol–water partition coefficient (Wildman–Crippen LogP) is 1.71. The molecule has 0 saturated heterocycles. The molecule has 2 N–H and O–H groups in total. The van der Waals surface area contributed by atoms with Gasteiger partial charge in [-0.1, -0.05) is 0 Å². The highest BCUT2D eigenvalue weighted by Gasteiger charge is 2.09. The predicted molar refractivity (Wildman–Crippen MR) is 68.4 cm³/mol. The van der Waals surface area contributed by atoms with E-state index in [0.717, 1.165) is 5.56 Å². The Kier molecular flexibility index (Phi) is 3.84. The molecule has 0 aliphatic carbocycles. The first kappa shape index (κ1) is 12.4. The van der Waals surface area contributed by atoms with Gasteiger partial charge in [-0.25, -0.2) is 9.37 Å². The van der Waals surface area contributed by atoms with Crippen LogP contribution >= 0.6 is 0 Å². The molecule has 2 aromatic rings. The summed E-state index contributed by atoms with van der Waals surface area (Å²) in [6.45, 7) is 0.939. The molecule has 0 aliphatic rings. The van der Waals surface area contributed by atoms with E-state index in [-0.39, 0.29) is 12.4 Å². The van der Waals surface area contributed by atoms with Gasteiger partial charge in [-0.2, -0.15) is 0 Å². The number of aromatic nitrogens is 2. The molecule has 0 aromatic carbocycles. The summed E-state index contributed by atoms with van der Waals surface area (Å²) in [5, 5.41) is 0. The van der Waals surface area contributed by atoms with Crippen molar-refractivity contribution in [2.45, 2.75) is 13.1 Å². The molecule has 5 heteroatoms. The van der Waals surface area contributed by atoms with E-state index in [2.05, 4.69) is 9.97 Å². The van der Waals surface area contributed by atoms with Gasteiger partial charge in [-0.15, -0.1) is 0 Å². The van der Waals surface area contributed by atoms with Crippen molar-refractivity contribution in [1.82, 2.24) is 9.97 Å². The zero-order valence-electron chi connectivity index (χ0n) is 10.2. The monoisotopic (exact) mass is 246 g/mol. The number of hydrogen-bond donors (Lipinski definition) is 1. The fraction of sp³-hybridized carbons (Fsp3) is 0.231. The minimum absolute atomic E-state index is 0.265. The van der Waals surface area contributed by atoms with Gasteiger partial charge in [0.05, 0.1) is 6.20 Å². The molecule has 0 atom stereocenters. The third-order valence-corrected chi connectivity index (χ3v) is 2.66. The standard InChI is InChI=1S/C13H15FN4/c1-18(9-10-2-4-16-5-3-10)13-11(7-15)6-12(14)8-17-13/h2-6,8H,7,9,15H2,1H3. The number of anilines is 1. The molecule has 0 unspecified atom stereocenters. The van der Waals surface area contributed by atoms with E-state index in [1.54, 1.807) is 12.4 Å². The van der Waals surface area contributed by atoms with Gasteiger partial charge >= 0.3 is 0 Å². The second-order valence-corrected chi connectivity index (χ2v) is 4.05. The average molecular weight is 246 g/mol. The summed E-state index contributed by atoms with van der Waals surface area (Å²) in [5.41, 5.74) is 7.42. The Hall–Kier alpha value is -2.01. The third-order valence-electron chi connectivity index (χ3n) is 2.66. The fourth-order valence-corrected chi connectivity index (χ4v) is 1.80. The average Bonchev–Trinajstić information content (AvgIpc) is 2.39. The van der Waals surface area contributed by atoms with Crippen molar-refractivity contribution in [3.8, 4) is 0 Å². The highest BCUT2D eigenvalue weighted by atomic mass is 19.1. The summed E-state index contributed by atoms with van der Waals surface area (Å²) in [5.74, 6) is 0.340. The quantitative estimate of drug-likeness (QED) is 0.892. The van der Waals surface area contributed by atoms with Gasteiger partial charge in [0.1, 0.15) is 11.6 Å². The summed E-state index contributed by atoms with van der Waals surface area (Å²) >= 11 is 0. The molecular weight excluding hydrogens is 231 g/mol. The van der Waals surface area contributed by atoms with E-state index in [9.17, 15) is 4.39 Å². The number of nitrogens with two attached hydrogens (primary N) is 1. The minimum atomic E-state index is -0.364. The molecule has 0 bridgehead atoms. The Bertz CT molecular complexity index is 516. The Morgan fingerprint density at radius 2 is 2.06 bits per heavy atom. The molecular formula is C13H15FN4. The number of rotatable bonds is 4. The van der Waals surface area contributed by atoms with Crippen molar-refractivity contribution in [1.29, 1.82) is 0 Å². The first-order chi connectivity index (χ1) is 8.70. The van der Waals surface area contributed by atoms with Crippen LogP contribution in [0.15, 0.2) is 36.8 Å². The molecule has 18 heavy (non-hydrogen) atoms. The lowest BCUT2D eigenvalue weighted by Crippen LogP contribution is -2.20. The third kappa shape index (κ3) is 2.81. The summed E-state index contributed by atoms with van der Waals surface area (Å²) in [6, 6.07) is 5.29. The molecule has 0 radical (unpaired) electrons. The number of hydrogen-bond acceptors (Lipinski definition) is 4. The summed E-state index contributed by atoms with van der Waals surface area (Å²) in [6.07, 6.45) is 4.69. The van der Waals surface area contributed by atoms with Crippen LogP contribution in [0.2, 0.25) is 0 Å². The Balaban J connectivity index is 2.21. The van der Waals surface area contributed by atoms with E-state index in [0.29, 0.717) is 17.9 Å². The zero-order valence-corrected chi connectivity index (χ0v) is 10.2. The first-order valence-corrected chi connectivity index (χ1v) is 5.65. The van der Waals surface area contributed by atoms with Gasteiger partial charge in [-0.05, 0) is 23.8 Å². The second-order valence-electron chi connectivity index (χ2n) is 4.05. The lowest BCUT2D eigenvalue weighted by atomic mass is 10.2. The molecule has 0 amide bonds. The number of nitrogens with zero attached hydrogens (tertiary/aromatic N) is 3. The van der Waals surface area contributed by atoms with E-state index >= 15 is 0 Å². The van der Waals surface area contributed by atoms with Crippen molar-refractivity contribution in [2.75, 3.05) is 11.9 Å². The first-order valence-electron chi connectivity index (χ1n) is 5.65. The van der Waals surface area contributed by atoms with Crippen LogP contribution in [0.4, 0.5) is 10.2 Å². The topological polar surface area (TPSA) is 55.0 Å². The zero-order chi connectivity index (χ0) is 13.0. The van der Waals surface area contributed by atoms with E-state index in [1.165, 1.54) is 12.3 Å². The molecule has 2 heterocycles. The lowest BCUT2D eigenvalue weighted by Gasteiger charge is -2.20. The molecule has 0 saturated carbocycles. The van der Waals surface area contributed by atoms with Gasteiger partial charge in [0.15, 0.2) is 0 Å². The van der Waals surface area contributed by atoms with Gasteiger partial charge in [0.25, 0.3) is 0 Å². The molecule has 2 rings (SSSR count). The summed E-state index contributed by atoms with van der Waals surface area (Å²) < 4.78 is 13.1. The van der Waals surface area contributed by atoms with Crippen LogP contribution in [0, 0.1) is 5.82 Å². The molecule has 0 aliphatic heterocycles. The smallest absolute Gasteiger partial charge is 0.141 e. The fourth-order valence-electron chi connectivity index (χ4n) is 1.80. The molecule has 0 fully saturated rings. The number of halogens is 1. The van der Waals surface area contributed by atoms with Crippen LogP contribution in [0.3, 0.4) is 0 Å². The van der Waals surface area contributed by atoms with Gasteiger partial charge < -0.3 is 10.6 Å². The second kappa shape index (κ2) is 5.55. The van der Waals surface area contributed by atoms with Crippen LogP contribution in [0.5, 0.6) is 0 Å². The molecule has 2 aromatic heterocycles. The maximum Gasteiger partial charge on any atom is 0.141 e. The van der Waals surface area contributed by atoms with Crippen LogP contribution in [0.25, 0.3) is 0 Å². The SMILES string of the molecule is CN(Cc1ccncc1)c1ncc(F)cc1CN.